The van der Waals surface area contributed by atoms with E-state index in [0.717, 1.165) is 32.4 Å². The first-order valence-corrected chi connectivity index (χ1v) is 6.41. The van der Waals surface area contributed by atoms with E-state index in [1.54, 1.807) is 0 Å². The minimum absolute atomic E-state index is 0.293. The monoisotopic (exact) mass is 222 g/mol. The van der Waals surface area contributed by atoms with Gasteiger partial charge in [0.15, 0.2) is 0 Å². The van der Waals surface area contributed by atoms with Crippen LogP contribution in [0.3, 0.4) is 0 Å². The quantitative estimate of drug-likeness (QED) is 0.737. The van der Waals surface area contributed by atoms with E-state index in [-0.39, 0.29) is 0 Å². The van der Waals surface area contributed by atoms with Gasteiger partial charge in [0.1, 0.15) is 0 Å². The van der Waals surface area contributed by atoms with Crippen LogP contribution in [0, 0.1) is 0 Å². The zero-order valence-corrected chi connectivity index (χ0v) is 10.2. The molecule has 1 fully saturated rings. The van der Waals surface area contributed by atoms with Gasteiger partial charge >= 0.3 is 0 Å². The van der Waals surface area contributed by atoms with Gasteiger partial charge in [-0.2, -0.15) is 0 Å². The van der Waals surface area contributed by atoms with Crippen molar-refractivity contribution in [2.24, 2.45) is 0 Å². The molecule has 3 nitrogen and oxygen atoms in total. The normalized spacial score (nSPS) is 25.3. The van der Waals surface area contributed by atoms with E-state index >= 15 is 0 Å². The van der Waals surface area contributed by atoms with Gasteiger partial charge in [0.05, 0.1) is 0 Å². The number of nitrogens with one attached hydrogen (secondary N) is 1. The minimum atomic E-state index is 0.293. The zero-order valence-electron chi connectivity index (χ0n) is 10.2. The lowest BCUT2D eigenvalue weighted by Crippen LogP contribution is -2.38. The maximum Gasteiger partial charge on any atom is 0.226 e. The Morgan fingerprint density at radius 2 is 2.44 bits per heavy atom. The molecule has 1 unspecified atom stereocenters. The number of nitrogens with zero attached hydrogens (tertiary/aromatic N) is 1. The number of carbonyl (C=O) groups is 1. The molecule has 16 heavy (non-hydrogen) atoms. The molecule has 0 spiro atoms. The number of hydrogen-bond acceptors (Lipinski definition) is 2. The summed E-state index contributed by atoms with van der Waals surface area (Å²) in [5.74, 6) is 0.293. The van der Waals surface area contributed by atoms with Crippen LogP contribution in [0.5, 0.6) is 0 Å². The fourth-order valence-electron chi connectivity index (χ4n) is 2.56. The van der Waals surface area contributed by atoms with Crippen molar-refractivity contribution in [3.63, 3.8) is 0 Å². The van der Waals surface area contributed by atoms with E-state index in [1.165, 1.54) is 18.4 Å². The Bertz CT molecular complexity index is 280. The Labute approximate surface area is 97.9 Å². The second kappa shape index (κ2) is 5.48. The molecule has 0 bridgehead atoms. The van der Waals surface area contributed by atoms with Gasteiger partial charge in [-0.05, 0) is 38.6 Å². The number of carbonyl (C=O) groups excluding carboxylic acids is 1. The summed E-state index contributed by atoms with van der Waals surface area (Å²) < 4.78 is 0. The Morgan fingerprint density at radius 3 is 3.06 bits per heavy atom. The van der Waals surface area contributed by atoms with Crippen molar-refractivity contribution in [1.82, 2.24) is 10.2 Å². The molecule has 0 radical (unpaired) electrons. The lowest BCUT2D eigenvalue weighted by molar-refractivity contribution is -0.130. The fourth-order valence-corrected chi connectivity index (χ4v) is 2.56. The standard InChI is InChI=1S/C13H22N2O/c1-15(12-7-8-14-10-12)13(16)9-11-5-3-2-4-6-11/h5,12,14H,2-4,6-10H2,1H3. The Kier molecular flexibility index (Phi) is 3.99. The maximum atomic E-state index is 12.1. The van der Waals surface area contributed by atoms with Crippen molar-refractivity contribution in [2.75, 3.05) is 20.1 Å². The molecule has 1 N–H and O–H groups in total. The molecule has 0 saturated carbocycles. The molecule has 1 amide bonds. The number of likely N-dealkylation sites (N-methyl/N-ethyl adjacent to an activating group) is 1. The van der Waals surface area contributed by atoms with Crippen LogP contribution in [0.1, 0.15) is 38.5 Å². The van der Waals surface area contributed by atoms with Crippen molar-refractivity contribution in [2.45, 2.75) is 44.6 Å². The molecule has 1 atom stereocenters. The van der Waals surface area contributed by atoms with E-state index in [0.29, 0.717) is 18.4 Å². The fraction of sp³-hybridized carbons (Fsp3) is 0.769. The van der Waals surface area contributed by atoms with Gasteiger partial charge in [-0.1, -0.05) is 11.6 Å². The van der Waals surface area contributed by atoms with Gasteiger partial charge in [0.2, 0.25) is 5.91 Å². The van der Waals surface area contributed by atoms with Gasteiger partial charge in [0.25, 0.3) is 0 Å². The van der Waals surface area contributed by atoms with Crippen molar-refractivity contribution in [3.05, 3.63) is 11.6 Å². The first-order chi connectivity index (χ1) is 7.77. The first-order valence-electron chi connectivity index (χ1n) is 6.41. The molecule has 3 heteroatoms. The molecule has 0 aromatic heterocycles. The Morgan fingerprint density at radius 1 is 1.56 bits per heavy atom. The lowest BCUT2D eigenvalue weighted by Gasteiger charge is -2.25. The number of amides is 1. The van der Waals surface area contributed by atoms with Crippen LogP contribution in [0.4, 0.5) is 0 Å². The van der Waals surface area contributed by atoms with Gasteiger partial charge in [-0.15, -0.1) is 0 Å². The van der Waals surface area contributed by atoms with Crippen LogP contribution >= 0.6 is 0 Å². The van der Waals surface area contributed by atoms with Crippen molar-refractivity contribution < 1.29 is 4.79 Å². The predicted octanol–water partition coefficient (Wildman–Crippen LogP) is 1.70. The lowest BCUT2D eigenvalue weighted by atomic mass is 9.96. The molecular formula is C13H22N2O. The van der Waals surface area contributed by atoms with Crippen LogP contribution in [0.25, 0.3) is 0 Å². The molecule has 90 valence electrons. The third-order valence-electron chi connectivity index (χ3n) is 3.74. The van der Waals surface area contributed by atoms with Crippen molar-refractivity contribution >= 4 is 5.91 Å². The highest BCUT2D eigenvalue weighted by Crippen LogP contribution is 2.21. The minimum Gasteiger partial charge on any atom is -0.341 e. The number of hydrogen-bond donors (Lipinski definition) is 1. The van der Waals surface area contributed by atoms with Crippen LogP contribution in [-0.2, 0) is 4.79 Å². The molecule has 0 aromatic rings. The van der Waals surface area contributed by atoms with E-state index in [1.807, 2.05) is 11.9 Å². The third kappa shape index (κ3) is 2.85. The Balaban J connectivity index is 1.84. The summed E-state index contributed by atoms with van der Waals surface area (Å²) in [4.78, 5) is 14.0. The molecule has 2 aliphatic rings. The summed E-state index contributed by atoms with van der Waals surface area (Å²) in [7, 11) is 1.95. The summed E-state index contributed by atoms with van der Waals surface area (Å²) in [5, 5.41) is 3.30. The van der Waals surface area contributed by atoms with Gasteiger partial charge < -0.3 is 10.2 Å². The number of allylic oxidation sites excluding steroid dienone is 1. The highest BCUT2D eigenvalue weighted by molar-refractivity contribution is 5.78. The Hall–Kier alpha value is -0.830. The van der Waals surface area contributed by atoms with Gasteiger partial charge in [0, 0.05) is 26.1 Å². The first kappa shape index (κ1) is 11.6. The molecule has 2 rings (SSSR count). The van der Waals surface area contributed by atoms with Crippen LogP contribution in [0.2, 0.25) is 0 Å². The van der Waals surface area contributed by atoms with Gasteiger partial charge in [-0.25, -0.2) is 0 Å². The SMILES string of the molecule is CN(C(=O)CC1=CCCCC1)C1CCNC1. The number of rotatable bonds is 3. The summed E-state index contributed by atoms with van der Waals surface area (Å²) in [6.07, 6.45) is 8.85. The molecule has 1 aliphatic carbocycles. The summed E-state index contributed by atoms with van der Waals surface area (Å²) in [6.45, 7) is 2.01. The van der Waals surface area contributed by atoms with E-state index in [4.69, 9.17) is 0 Å². The molecule has 0 aromatic carbocycles. The highest BCUT2D eigenvalue weighted by atomic mass is 16.2. The topological polar surface area (TPSA) is 32.3 Å². The van der Waals surface area contributed by atoms with E-state index in [2.05, 4.69) is 11.4 Å². The summed E-state index contributed by atoms with van der Waals surface area (Å²) in [6, 6.07) is 0.414. The van der Waals surface area contributed by atoms with Crippen LogP contribution in [0.15, 0.2) is 11.6 Å². The largest absolute Gasteiger partial charge is 0.341 e. The second-order valence-corrected chi connectivity index (χ2v) is 4.94. The summed E-state index contributed by atoms with van der Waals surface area (Å²) in [5.41, 5.74) is 1.36. The third-order valence-corrected chi connectivity index (χ3v) is 3.74. The van der Waals surface area contributed by atoms with Crippen molar-refractivity contribution in [1.29, 1.82) is 0 Å². The second-order valence-electron chi connectivity index (χ2n) is 4.94. The predicted molar refractivity (Wildman–Crippen MR) is 65.2 cm³/mol. The zero-order chi connectivity index (χ0) is 11.4. The smallest absolute Gasteiger partial charge is 0.226 e. The average molecular weight is 222 g/mol. The molecule has 1 saturated heterocycles. The van der Waals surface area contributed by atoms with Crippen molar-refractivity contribution in [3.8, 4) is 0 Å². The van der Waals surface area contributed by atoms with Crippen LogP contribution < -0.4 is 5.32 Å². The van der Waals surface area contributed by atoms with Gasteiger partial charge in [-0.3, -0.25) is 4.79 Å². The molecular weight excluding hydrogens is 200 g/mol. The average Bonchev–Trinajstić information content (AvgIpc) is 2.83. The van der Waals surface area contributed by atoms with E-state index in [9.17, 15) is 4.79 Å². The summed E-state index contributed by atoms with van der Waals surface area (Å²) >= 11 is 0. The van der Waals surface area contributed by atoms with Crippen LogP contribution in [-0.4, -0.2) is 37.0 Å². The maximum absolute atomic E-state index is 12.1. The highest BCUT2D eigenvalue weighted by Gasteiger charge is 2.23. The van der Waals surface area contributed by atoms with E-state index < -0.39 is 0 Å². The molecule has 1 aliphatic heterocycles. The molecule has 1 heterocycles.